The van der Waals surface area contributed by atoms with E-state index in [-0.39, 0.29) is 24.9 Å². The third-order valence-corrected chi connectivity index (χ3v) is 5.36. The summed E-state index contributed by atoms with van der Waals surface area (Å²) in [5.74, 6) is 1.21. The van der Waals surface area contributed by atoms with Crippen LogP contribution in [0.2, 0.25) is 0 Å². The van der Waals surface area contributed by atoms with Crippen LogP contribution in [0.3, 0.4) is 0 Å². The van der Waals surface area contributed by atoms with Crippen molar-refractivity contribution in [1.82, 2.24) is 25.5 Å². The second-order valence-electron chi connectivity index (χ2n) is 8.56. The van der Waals surface area contributed by atoms with Gasteiger partial charge in [-0.25, -0.2) is 0 Å². The van der Waals surface area contributed by atoms with Crippen LogP contribution in [0.25, 0.3) is 11.4 Å². The smallest absolute Gasteiger partial charge is 0.251 e. The lowest BCUT2D eigenvalue weighted by Gasteiger charge is -2.23. The number of nitrogens with zero attached hydrogens (tertiary/aromatic N) is 5. The van der Waals surface area contributed by atoms with Gasteiger partial charge in [-0.2, -0.15) is 4.80 Å². The van der Waals surface area contributed by atoms with Crippen molar-refractivity contribution >= 4 is 17.5 Å². The van der Waals surface area contributed by atoms with E-state index in [9.17, 15) is 9.59 Å². The lowest BCUT2D eigenvalue weighted by Crippen LogP contribution is -2.43. The summed E-state index contributed by atoms with van der Waals surface area (Å²) in [4.78, 5) is 28.6. The van der Waals surface area contributed by atoms with Gasteiger partial charge in [-0.3, -0.25) is 9.59 Å². The molecule has 1 aromatic heterocycles. The Bertz CT molecular complexity index is 1140. The Morgan fingerprint density at radius 1 is 1.06 bits per heavy atom. The molecule has 0 aliphatic heterocycles. The third kappa shape index (κ3) is 7.02. The van der Waals surface area contributed by atoms with E-state index >= 15 is 0 Å². The lowest BCUT2D eigenvalue weighted by molar-refractivity contribution is -0.124. The quantitative estimate of drug-likeness (QED) is 0.449. The highest BCUT2D eigenvalue weighted by Gasteiger charge is 2.22. The Balaban J connectivity index is 1.80. The molecule has 35 heavy (non-hydrogen) atoms. The van der Waals surface area contributed by atoms with Gasteiger partial charge in [0.2, 0.25) is 11.7 Å². The summed E-state index contributed by atoms with van der Waals surface area (Å²) in [6.07, 6.45) is 0.848. The molecule has 0 unspecified atom stereocenters. The molecule has 0 aliphatic carbocycles. The summed E-state index contributed by atoms with van der Waals surface area (Å²) in [5, 5.41) is 15.3. The number of carbonyl (C=O) groups is 2. The predicted octanol–water partition coefficient (Wildman–Crippen LogP) is 2.86. The zero-order valence-electron chi connectivity index (χ0n) is 20.8. The molecule has 0 atom stereocenters. The number of tetrazole rings is 1. The molecule has 2 amide bonds. The first-order chi connectivity index (χ1) is 16.8. The Hall–Kier alpha value is -3.95. The minimum atomic E-state index is -0.371. The van der Waals surface area contributed by atoms with Gasteiger partial charge >= 0.3 is 0 Å². The van der Waals surface area contributed by atoms with Crippen molar-refractivity contribution in [3.8, 4) is 22.9 Å². The summed E-state index contributed by atoms with van der Waals surface area (Å²) in [7, 11) is 3.04. The summed E-state index contributed by atoms with van der Waals surface area (Å²) >= 11 is 0. The van der Waals surface area contributed by atoms with Crippen molar-refractivity contribution in [2.45, 2.75) is 33.7 Å². The Morgan fingerprint density at radius 3 is 2.43 bits per heavy atom. The van der Waals surface area contributed by atoms with Crippen LogP contribution >= 0.6 is 0 Å². The van der Waals surface area contributed by atoms with Crippen molar-refractivity contribution in [2.75, 3.05) is 32.2 Å². The van der Waals surface area contributed by atoms with Crippen LogP contribution in [0.1, 0.15) is 25.8 Å². The number of nitrogens with one attached hydrogen (secondary N) is 1. The second-order valence-corrected chi connectivity index (χ2v) is 8.56. The van der Waals surface area contributed by atoms with Crippen LogP contribution in [0, 0.1) is 12.8 Å². The van der Waals surface area contributed by atoms with Crippen molar-refractivity contribution in [3.05, 3.63) is 48.0 Å². The summed E-state index contributed by atoms with van der Waals surface area (Å²) in [6, 6.07) is 12.8. The standard InChI is InChI=1S/C25H32N6O4/c1-17(2)12-13-26-23(32)15-30(20-10-11-21(34-4)22(14-20)35-5)24(33)16-31-28-25(27-29-31)19-8-6-18(3)7-9-19/h6-11,14,17H,12-13,15-16H2,1-5H3,(H,26,32). The van der Waals surface area contributed by atoms with E-state index in [1.807, 2.05) is 31.2 Å². The molecule has 0 aliphatic rings. The fourth-order valence-electron chi connectivity index (χ4n) is 3.35. The van der Waals surface area contributed by atoms with Crippen LogP contribution in [-0.2, 0) is 16.1 Å². The number of rotatable bonds is 11. The van der Waals surface area contributed by atoms with E-state index in [0.717, 1.165) is 17.5 Å². The Morgan fingerprint density at radius 2 is 1.77 bits per heavy atom. The zero-order chi connectivity index (χ0) is 25.4. The average Bonchev–Trinajstić information content (AvgIpc) is 3.30. The summed E-state index contributed by atoms with van der Waals surface area (Å²) in [6.45, 7) is 6.35. The van der Waals surface area contributed by atoms with Gasteiger partial charge in [-0.1, -0.05) is 43.7 Å². The number of benzene rings is 2. The van der Waals surface area contributed by atoms with E-state index in [2.05, 4.69) is 34.6 Å². The monoisotopic (exact) mass is 480 g/mol. The minimum absolute atomic E-state index is 0.161. The van der Waals surface area contributed by atoms with Gasteiger partial charge in [0.25, 0.3) is 5.91 Å². The van der Waals surface area contributed by atoms with Crippen molar-refractivity contribution in [2.24, 2.45) is 5.92 Å². The number of amides is 2. The van der Waals surface area contributed by atoms with Crippen molar-refractivity contribution in [1.29, 1.82) is 0 Å². The van der Waals surface area contributed by atoms with Crippen molar-refractivity contribution in [3.63, 3.8) is 0 Å². The van der Waals surface area contributed by atoms with E-state index < -0.39 is 0 Å². The van der Waals surface area contributed by atoms with Crippen LogP contribution in [0.4, 0.5) is 5.69 Å². The van der Waals surface area contributed by atoms with Crippen LogP contribution in [0.5, 0.6) is 11.5 Å². The molecule has 0 spiro atoms. The molecule has 3 aromatic rings. The van der Waals surface area contributed by atoms with E-state index in [1.165, 1.54) is 23.9 Å². The number of anilines is 1. The Kier molecular flexibility index (Phi) is 8.77. The van der Waals surface area contributed by atoms with Gasteiger partial charge in [0.1, 0.15) is 13.1 Å². The summed E-state index contributed by atoms with van der Waals surface area (Å²) < 4.78 is 10.7. The Labute approximate surface area is 205 Å². The van der Waals surface area contributed by atoms with Gasteiger partial charge < -0.3 is 19.7 Å². The average molecular weight is 481 g/mol. The van der Waals surface area contributed by atoms with Crippen LogP contribution in [0.15, 0.2) is 42.5 Å². The molecule has 0 saturated heterocycles. The number of ether oxygens (including phenoxy) is 2. The number of carbonyl (C=O) groups excluding carboxylic acids is 2. The maximum Gasteiger partial charge on any atom is 0.251 e. The van der Waals surface area contributed by atoms with Gasteiger partial charge in [0, 0.05) is 23.9 Å². The first-order valence-corrected chi connectivity index (χ1v) is 11.4. The molecule has 0 bridgehead atoms. The number of hydrogen-bond acceptors (Lipinski definition) is 7. The SMILES string of the molecule is COc1ccc(N(CC(=O)NCCC(C)C)C(=O)Cn2nnc(-c3ccc(C)cc3)n2)cc1OC. The number of aryl methyl sites for hydroxylation is 1. The van der Waals surface area contributed by atoms with Gasteiger partial charge in [-0.15, -0.1) is 10.2 Å². The fourth-order valence-corrected chi connectivity index (χ4v) is 3.35. The topological polar surface area (TPSA) is 111 Å². The summed E-state index contributed by atoms with van der Waals surface area (Å²) in [5.41, 5.74) is 2.41. The molecule has 186 valence electrons. The van der Waals surface area contributed by atoms with E-state index in [0.29, 0.717) is 35.5 Å². The highest BCUT2D eigenvalue weighted by atomic mass is 16.5. The van der Waals surface area contributed by atoms with E-state index in [1.54, 1.807) is 18.2 Å². The second kappa shape index (κ2) is 12.0. The molecule has 0 fully saturated rings. The first-order valence-electron chi connectivity index (χ1n) is 11.4. The normalized spacial score (nSPS) is 10.8. The molecule has 1 heterocycles. The minimum Gasteiger partial charge on any atom is -0.493 e. The lowest BCUT2D eigenvalue weighted by atomic mass is 10.1. The number of hydrogen-bond donors (Lipinski definition) is 1. The van der Waals surface area contributed by atoms with E-state index in [4.69, 9.17) is 9.47 Å². The van der Waals surface area contributed by atoms with Gasteiger partial charge in [0.15, 0.2) is 11.5 Å². The fraction of sp³-hybridized carbons (Fsp3) is 0.400. The van der Waals surface area contributed by atoms with Crippen molar-refractivity contribution < 1.29 is 19.1 Å². The van der Waals surface area contributed by atoms with Gasteiger partial charge in [-0.05, 0) is 36.6 Å². The molecular weight excluding hydrogens is 448 g/mol. The molecular formula is C25H32N6O4. The number of aromatic nitrogens is 4. The molecule has 0 saturated carbocycles. The molecule has 3 rings (SSSR count). The molecule has 10 nitrogen and oxygen atoms in total. The van der Waals surface area contributed by atoms with Gasteiger partial charge in [0.05, 0.1) is 14.2 Å². The van der Waals surface area contributed by atoms with Crippen LogP contribution in [-0.4, -0.2) is 59.3 Å². The molecule has 0 radical (unpaired) electrons. The molecule has 10 heteroatoms. The maximum absolute atomic E-state index is 13.3. The highest BCUT2D eigenvalue weighted by molar-refractivity contribution is 5.98. The molecule has 1 N–H and O–H groups in total. The number of methoxy groups -OCH3 is 2. The largest absolute Gasteiger partial charge is 0.493 e. The molecule has 2 aromatic carbocycles. The maximum atomic E-state index is 13.3. The zero-order valence-corrected chi connectivity index (χ0v) is 20.8. The van der Waals surface area contributed by atoms with Crippen LogP contribution < -0.4 is 19.7 Å². The first kappa shape index (κ1) is 25.7. The predicted molar refractivity (Wildman–Crippen MR) is 132 cm³/mol. The third-order valence-electron chi connectivity index (χ3n) is 5.36. The highest BCUT2D eigenvalue weighted by Crippen LogP contribution is 2.31.